The molecule has 29 heavy (non-hydrogen) atoms. The highest BCUT2D eigenvalue weighted by Crippen LogP contribution is 2.23. The van der Waals surface area contributed by atoms with E-state index >= 15 is 0 Å². The molecule has 0 aliphatic carbocycles. The number of sulfone groups is 1. The van der Waals surface area contributed by atoms with Crippen molar-refractivity contribution in [2.75, 3.05) is 19.1 Å². The first kappa shape index (κ1) is 20.0. The van der Waals surface area contributed by atoms with Crippen molar-refractivity contribution >= 4 is 21.6 Å². The van der Waals surface area contributed by atoms with E-state index in [9.17, 15) is 8.42 Å². The predicted molar refractivity (Wildman–Crippen MR) is 114 cm³/mol. The van der Waals surface area contributed by atoms with Crippen LogP contribution in [-0.4, -0.2) is 47.3 Å². The molecule has 0 N–H and O–H groups in total. The largest absolute Gasteiger partial charge is 0.293 e. The van der Waals surface area contributed by atoms with Gasteiger partial charge in [0.1, 0.15) is 0 Å². The van der Waals surface area contributed by atoms with Crippen molar-refractivity contribution in [3.05, 3.63) is 65.6 Å². The van der Waals surface area contributed by atoms with Crippen LogP contribution in [0.25, 0.3) is 11.3 Å². The van der Waals surface area contributed by atoms with Gasteiger partial charge in [0.25, 0.3) is 0 Å². The molecule has 4 rings (SSSR count). The Kier molecular flexibility index (Phi) is 5.67. The normalized spacial score (nSPS) is 14.6. The number of aromatic nitrogens is 3. The van der Waals surface area contributed by atoms with Crippen LogP contribution in [-0.2, 0) is 29.3 Å². The van der Waals surface area contributed by atoms with Gasteiger partial charge in [-0.05, 0) is 30.5 Å². The third kappa shape index (κ3) is 4.66. The minimum Gasteiger partial charge on any atom is -0.293 e. The molecule has 3 aromatic rings. The van der Waals surface area contributed by atoms with E-state index in [4.69, 9.17) is 4.98 Å². The van der Waals surface area contributed by atoms with Gasteiger partial charge in [0.15, 0.2) is 0 Å². The molecule has 1 aliphatic heterocycles. The fourth-order valence-electron chi connectivity index (χ4n) is 3.39. The topological polar surface area (TPSA) is 76.1 Å². The van der Waals surface area contributed by atoms with Gasteiger partial charge >= 0.3 is 0 Å². The monoisotopic (exact) mass is 426 g/mol. The third-order valence-corrected chi connectivity index (χ3v) is 6.50. The number of hydrogen-bond donors (Lipinski definition) is 0. The molecule has 0 amide bonds. The Morgan fingerprint density at radius 2 is 1.90 bits per heavy atom. The van der Waals surface area contributed by atoms with Gasteiger partial charge in [0, 0.05) is 54.5 Å². The molecule has 3 heterocycles. The van der Waals surface area contributed by atoms with Gasteiger partial charge in [-0.2, -0.15) is 0 Å². The van der Waals surface area contributed by atoms with Gasteiger partial charge in [-0.3, -0.25) is 9.88 Å². The van der Waals surface area contributed by atoms with Crippen LogP contribution in [0.5, 0.6) is 0 Å². The Balaban J connectivity index is 1.49. The number of pyridine rings is 1. The maximum absolute atomic E-state index is 11.7. The zero-order valence-electron chi connectivity index (χ0n) is 16.4. The first-order valence-electron chi connectivity index (χ1n) is 9.30. The summed E-state index contributed by atoms with van der Waals surface area (Å²) in [5.41, 5.74) is 4.89. The number of nitrogens with zero attached hydrogens (tertiary/aromatic N) is 4. The Morgan fingerprint density at radius 3 is 2.62 bits per heavy atom. The molecule has 0 unspecified atom stereocenters. The standard InChI is InChI=1S/C21H22N4O2S2/c1-28-18-8-6-15(7-9-18)19-5-3-4-17(23-19)14-25-11-10-20-16(13-25)12-22-21(24-20)29(2,26)27/h3-9,12H,10-11,13-14H2,1-2H3. The van der Waals surface area contributed by atoms with E-state index < -0.39 is 9.84 Å². The van der Waals surface area contributed by atoms with Crippen LogP contribution < -0.4 is 0 Å². The molecule has 0 saturated carbocycles. The first-order chi connectivity index (χ1) is 13.9. The molecule has 8 heteroatoms. The maximum atomic E-state index is 11.7. The fraction of sp³-hybridized carbons (Fsp3) is 0.286. The predicted octanol–water partition coefficient (Wildman–Crippen LogP) is 3.22. The quantitative estimate of drug-likeness (QED) is 0.458. The summed E-state index contributed by atoms with van der Waals surface area (Å²) in [6.07, 6.45) is 5.55. The van der Waals surface area contributed by atoms with E-state index in [0.29, 0.717) is 13.0 Å². The maximum Gasteiger partial charge on any atom is 0.246 e. The van der Waals surface area contributed by atoms with Crippen molar-refractivity contribution in [2.24, 2.45) is 0 Å². The molecule has 0 spiro atoms. The summed E-state index contributed by atoms with van der Waals surface area (Å²) < 4.78 is 23.3. The van der Waals surface area contributed by atoms with E-state index in [2.05, 4.69) is 45.4 Å². The molecule has 1 aromatic carbocycles. The zero-order chi connectivity index (χ0) is 20.4. The summed E-state index contributed by atoms with van der Waals surface area (Å²) in [7, 11) is -3.38. The molecule has 6 nitrogen and oxygen atoms in total. The van der Waals surface area contributed by atoms with E-state index in [1.807, 2.05) is 18.2 Å². The van der Waals surface area contributed by atoms with Crippen molar-refractivity contribution in [1.29, 1.82) is 0 Å². The second-order valence-electron chi connectivity index (χ2n) is 7.10. The molecule has 0 bridgehead atoms. The third-order valence-electron chi connectivity index (χ3n) is 4.90. The SMILES string of the molecule is CSc1ccc(-c2cccc(CN3CCc4nc(S(C)(=O)=O)ncc4C3)n2)cc1. The highest BCUT2D eigenvalue weighted by atomic mass is 32.2. The molecule has 0 atom stereocenters. The number of rotatable bonds is 5. The molecule has 0 radical (unpaired) electrons. The van der Waals surface area contributed by atoms with Crippen molar-refractivity contribution in [3.63, 3.8) is 0 Å². The Hall–Kier alpha value is -2.29. The van der Waals surface area contributed by atoms with E-state index in [-0.39, 0.29) is 5.16 Å². The second-order valence-corrected chi connectivity index (χ2v) is 9.89. The molecule has 2 aromatic heterocycles. The number of benzene rings is 1. The molecule has 0 fully saturated rings. The van der Waals surface area contributed by atoms with Gasteiger partial charge in [-0.15, -0.1) is 11.8 Å². The summed E-state index contributed by atoms with van der Waals surface area (Å²) in [6.45, 7) is 2.22. The lowest BCUT2D eigenvalue weighted by atomic mass is 10.1. The number of thioether (sulfide) groups is 1. The van der Waals surface area contributed by atoms with Crippen LogP contribution in [0.4, 0.5) is 0 Å². The molecule has 0 saturated heterocycles. The van der Waals surface area contributed by atoms with Crippen LogP contribution in [0.1, 0.15) is 17.0 Å². The van der Waals surface area contributed by atoms with Gasteiger partial charge in [0.2, 0.25) is 15.0 Å². The lowest BCUT2D eigenvalue weighted by molar-refractivity contribution is 0.239. The smallest absolute Gasteiger partial charge is 0.246 e. The highest BCUT2D eigenvalue weighted by molar-refractivity contribution is 7.98. The van der Waals surface area contributed by atoms with Crippen molar-refractivity contribution in [3.8, 4) is 11.3 Å². The van der Waals surface area contributed by atoms with E-state index in [0.717, 1.165) is 47.6 Å². The summed E-state index contributed by atoms with van der Waals surface area (Å²) in [5.74, 6) is 0. The Labute approximate surface area is 175 Å². The number of fused-ring (bicyclic) bond motifs is 1. The van der Waals surface area contributed by atoms with Crippen molar-refractivity contribution in [2.45, 2.75) is 29.6 Å². The number of hydrogen-bond acceptors (Lipinski definition) is 7. The minimum atomic E-state index is -3.38. The lowest BCUT2D eigenvalue weighted by Gasteiger charge is -2.27. The molecule has 1 aliphatic rings. The van der Waals surface area contributed by atoms with E-state index in [1.54, 1.807) is 18.0 Å². The van der Waals surface area contributed by atoms with Gasteiger partial charge in [-0.1, -0.05) is 18.2 Å². The van der Waals surface area contributed by atoms with Crippen LogP contribution in [0.15, 0.2) is 58.7 Å². The van der Waals surface area contributed by atoms with Crippen LogP contribution in [0, 0.1) is 0 Å². The van der Waals surface area contributed by atoms with Crippen LogP contribution >= 0.6 is 11.8 Å². The Morgan fingerprint density at radius 1 is 1.10 bits per heavy atom. The average molecular weight is 427 g/mol. The zero-order valence-corrected chi connectivity index (χ0v) is 18.0. The summed E-state index contributed by atoms with van der Waals surface area (Å²) >= 11 is 1.73. The van der Waals surface area contributed by atoms with Gasteiger partial charge in [0.05, 0.1) is 17.1 Å². The second kappa shape index (κ2) is 8.22. The lowest BCUT2D eigenvalue weighted by Crippen LogP contribution is -2.31. The first-order valence-corrected chi connectivity index (χ1v) is 12.4. The summed E-state index contributed by atoms with van der Waals surface area (Å²) in [4.78, 5) is 16.6. The van der Waals surface area contributed by atoms with Crippen molar-refractivity contribution < 1.29 is 8.42 Å². The highest BCUT2D eigenvalue weighted by Gasteiger charge is 2.21. The molecule has 150 valence electrons. The van der Waals surface area contributed by atoms with Gasteiger partial charge < -0.3 is 0 Å². The van der Waals surface area contributed by atoms with Gasteiger partial charge in [-0.25, -0.2) is 18.4 Å². The molecular formula is C21H22N4O2S2. The summed E-state index contributed by atoms with van der Waals surface area (Å²) in [6, 6.07) is 14.5. The van der Waals surface area contributed by atoms with E-state index in [1.165, 1.54) is 4.90 Å². The Bertz CT molecular complexity index is 1130. The molecular weight excluding hydrogens is 404 g/mol. The van der Waals surface area contributed by atoms with Crippen LogP contribution in [0.2, 0.25) is 0 Å². The van der Waals surface area contributed by atoms with Crippen LogP contribution in [0.3, 0.4) is 0 Å². The van der Waals surface area contributed by atoms with Crippen molar-refractivity contribution in [1.82, 2.24) is 19.9 Å². The minimum absolute atomic E-state index is 0.0911. The average Bonchev–Trinajstić information content (AvgIpc) is 2.73. The summed E-state index contributed by atoms with van der Waals surface area (Å²) in [5, 5.41) is -0.0911. The fourth-order valence-corrected chi connectivity index (χ4v) is 4.32.